The molecule has 1 rings (SSSR count). The second-order valence-corrected chi connectivity index (χ2v) is 3.84. The van der Waals surface area contributed by atoms with Crippen LogP contribution in [0.4, 0.5) is 0 Å². The number of esters is 1. The number of aliphatic hydroxyl groups is 1. The van der Waals surface area contributed by atoms with Crippen LogP contribution >= 0.6 is 11.3 Å². The molecule has 0 aliphatic carbocycles. The number of thiophene rings is 1. The Hall–Kier alpha value is -1.56. The number of carbonyl (C=O) groups excluding carboxylic acids is 1. The number of hydrogen-bond donors (Lipinski definition) is 1. The van der Waals surface area contributed by atoms with Crippen LogP contribution < -0.4 is 0 Å². The molecule has 0 aliphatic rings. The number of ether oxygens (including phenoxy) is 1. The van der Waals surface area contributed by atoms with Gasteiger partial charge in [-0.15, -0.1) is 11.3 Å². The fraction of sp³-hybridized carbons (Fsp3) is 0.444. The molecular weight excluding hydrogens is 230 g/mol. The van der Waals surface area contributed by atoms with Gasteiger partial charge in [-0.2, -0.15) is 0 Å². The van der Waals surface area contributed by atoms with E-state index in [0.717, 1.165) is 0 Å². The number of carbonyl (C=O) groups is 1. The second-order valence-electron chi connectivity index (χ2n) is 2.86. The molecule has 7 heteroatoms. The van der Waals surface area contributed by atoms with E-state index in [9.17, 15) is 9.90 Å². The van der Waals surface area contributed by atoms with E-state index in [1.807, 2.05) is 0 Å². The first-order chi connectivity index (χ1) is 7.70. The molecule has 0 unspecified atom stereocenters. The minimum Gasteiger partial charge on any atom is -0.464 e. The molecule has 0 aliphatic heterocycles. The second kappa shape index (κ2) is 6.12. The van der Waals surface area contributed by atoms with Crippen molar-refractivity contribution in [1.82, 2.24) is 0 Å². The van der Waals surface area contributed by atoms with Crippen molar-refractivity contribution in [2.24, 2.45) is 5.11 Å². The van der Waals surface area contributed by atoms with Crippen molar-refractivity contribution in [3.05, 3.63) is 32.8 Å². The summed E-state index contributed by atoms with van der Waals surface area (Å²) in [5.41, 5.74) is 8.40. The lowest BCUT2D eigenvalue weighted by atomic mass is 10.1. The maximum absolute atomic E-state index is 11.3. The van der Waals surface area contributed by atoms with Crippen LogP contribution in [-0.4, -0.2) is 23.8 Å². The minimum absolute atomic E-state index is 0.170. The number of rotatable bonds is 5. The molecule has 0 amide bonds. The predicted molar refractivity (Wildman–Crippen MR) is 58.8 cm³/mol. The lowest BCUT2D eigenvalue weighted by molar-refractivity contribution is -0.154. The number of aliphatic hydroxyl groups excluding tert-OH is 1. The van der Waals surface area contributed by atoms with Crippen LogP contribution in [0.2, 0.25) is 0 Å². The molecule has 2 atom stereocenters. The van der Waals surface area contributed by atoms with Crippen LogP contribution in [0.3, 0.4) is 0 Å². The van der Waals surface area contributed by atoms with Gasteiger partial charge in [-0.05, 0) is 23.9 Å². The van der Waals surface area contributed by atoms with Gasteiger partial charge in [-0.3, -0.25) is 0 Å². The van der Waals surface area contributed by atoms with Crippen LogP contribution in [0.5, 0.6) is 0 Å². The average molecular weight is 241 g/mol. The van der Waals surface area contributed by atoms with Gasteiger partial charge in [0.1, 0.15) is 6.04 Å². The quantitative estimate of drug-likeness (QED) is 0.369. The van der Waals surface area contributed by atoms with Crippen LogP contribution in [0.25, 0.3) is 10.4 Å². The van der Waals surface area contributed by atoms with Gasteiger partial charge in [-0.25, -0.2) is 4.79 Å². The summed E-state index contributed by atoms with van der Waals surface area (Å²) in [5, 5.41) is 14.9. The van der Waals surface area contributed by atoms with Crippen LogP contribution in [0.15, 0.2) is 22.6 Å². The van der Waals surface area contributed by atoms with Gasteiger partial charge in [0.15, 0.2) is 6.10 Å². The highest BCUT2D eigenvalue weighted by atomic mass is 32.1. The summed E-state index contributed by atoms with van der Waals surface area (Å²) < 4.78 is 4.66. The van der Waals surface area contributed by atoms with E-state index in [0.29, 0.717) is 4.88 Å². The van der Waals surface area contributed by atoms with Gasteiger partial charge in [0.25, 0.3) is 0 Å². The van der Waals surface area contributed by atoms with Gasteiger partial charge in [0.2, 0.25) is 0 Å². The summed E-state index contributed by atoms with van der Waals surface area (Å²) in [7, 11) is 0. The van der Waals surface area contributed by atoms with Crippen molar-refractivity contribution >= 4 is 17.3 Å². The molecule has 6 nitrogen and oxygen atoms in total. The minimum atomic E-state index is -1.46. The predicted octanol–water partition coefficient (Wildman–Crippen LogP) is 2.02. The molecule has 0 radical (unpaired) electrons. The normalized spacial score (nSPS) is 13.6. The zero-order valence-corrected chi connectivity index (χ0v) is 9.42. The Balaban J connectivity index is 2.86. The molecule has 0 spiro atoms. The van der Waals surface area contributed by atoms with E-state index in [-0.39, 0.29) is 6.61 Å². The highest BCUT2D eigenvalue weighted by Gasteiger charge is 2.28. The summed E-state index contributed by atoms with van der Waals surface area (Å²) in [6.45, 7) is 1.81. The average Bonchev–Trinajstić information content (AvgIpc) is 2.78. The van der Waals surface area contributed by atoms with E-state index < -0.39 is 18.1 Å². The molecule has 0 aromatic carbocycles. The summed E-state index contributed by atoms with van der Waals surface area (Å²) in [5.74, 6) is -0.784. The summed E-state index contributed by atoms with van der Waals surface area (Å²) in [6.07, 6.45) is -1.46. The lowest BCUT2D eigenvalue weighted by Crippen LogP contribution is -2.28. The van der Waals surface area contributed by atoms with Gasteiger partial charge in [-0.1, -0.05) is 11.2 Å². The first-order valence-corrected chi connectivity index (χ1v) is 5.51. The van der Waals surface area contributed by atoms with E-state index in [2.05, 4.69) is 14.8 Å². The van der Waals surface area contributed by atoms with E-state index in [4.69, 9.17) is 5.53 Å². The zero-order valence-electron chi connectivity index (χ0n) is 8.61. The third-order valence-corrected chi connectivity index (χ3v) is 2.78. The Labute approximate surface area is 96.1 Å². The van der Waals surface area contributed by atoms with Gasteiger partial charge in [0, 0.05) is 9.79 Å². The standard InChI is InChI=1S/C9H11N3O3S/c1-2-15-9(14)8(13)7(11-12-10)6-4-3-5-16-6/h3-5,7-8,13H,2H2,1H3/t7-,8-/m1/s1. The maximum atomic E-state index is 11.3. The summed E-state index contributed by atoms with van der Waals surface area (Å²) >= 11 is 1.30. The highest BCUT2D eigenvalue weighted by Crippen LogP contribution is 2.26. The van der Waals surface area contributed by atoms with Crippen molar-refractivity contribution in [2.75, 3.05) is 6.61 Å². The Morgan fingerprint density at radius 1 is 1.81 bits per heavy atom. The van der Waals surface area contributed by atoms with Crippen LogP contribution in [0, 0.1) is 0 Å². The van der Waals surface area contributed by atoms with Crippen molar-refractivity contribution in [2.45, 2.75) is 19.1 Å². The summed E-state index contributed by atoms with van der Waals surface area (Å²) in [4.78, 5) is 14.5. The van der Waals surface area contributed by atoms with Gasteiger partial charge >= 0.3 is 5.97 Å². The van der Waals surface area contributed by atoms with Crippen LogP contribution in [0.1, 0.15) is 17.8 Å². The molecule has 0 fully saturated rings. The number of azide groups is 1. The SMILES string of the molecule is CCOC(=O)[C@H](O)[C@H](N=[N+]=[N-])c1cccs1. The Morgan fingerprint density at radius 3 is 3.06 bits per heavy atom. The largest absolute Gasteiger partial charge is 0.464 e. The fourth-order valence-electron chi connectivity index (χ4n) is 1.15. The molecule has 1 N–H and O–H groups in total. The van der Waals surface area contributed by atoms with E-state index in [1.165, 1.54) is 11.3 Å². The third-order valence-electron chi connectivity index (χ3n) is 1.84. The molecule has 1 aromatic rings. The van der Waals surface area contributed by atoms with Gasteiger partial charge in [0.05, 0.1) is 6.61 Å². The molecule has 1 heterocycles. The topological polar surface area (TPSA) is 95.3 Å². The zero-order chi connectivity index (χ0) is 12.0. The Morgan fingerprint density at radius 2 is 2.56 bits per heavy atom. The molecule has 0 bridgehead atoms. The highest BCUT2D eigenvalue weighted by molar-refractivity contribution is 7.10. The first kappa shape index (κ1) is 12.5. The Bertz CT molecular complexity index is 387. The van der Waals surface area contributed by atoms with E-state index >= 15 is 0 Å². The van der Waals surface area contributed by atoms with Crippen molar-refractivity contribution in [3.8, 4) is 0 Å². The third kappa shape index (κ3) is 2.96. The van der Waals surface area contributed by atoms with Crippen LogP contribution in [-0.2, 0) is 9.53 Å². The molecule has 1 aromatic heterocycles. The van der Waals surface area contributed by atoms with Crippen molar-refractivity contribution in [3.63, 3.8) is 0 Å². The van der Waals surface area contributed by atoms with Gasteiger partial charge < -0.3 is 9.84 Å². The van der Waals surface area contributed by atoms with Crippen molar-refractivity contribution in [1.29, 1.82) is 0 Å². The van der Waals surface area contributed by atoms with Crippen molar-refractivity contribution < 1.29 is 14.6 Å². The number of hydrogen-bond acceptors (Lipinski definition) is 5. The lowest BCUT2D eigenvalue weighted by Gasteiger charge is -2.15. The number of nitrogens with zero attached hydrogens (tertiary/aromatic N) is 3. The molecular formula is C9H11N3O3S. The molecule has 0 saturated carbocycles. The van der Waals surface area contributed by atoms with E-state index in [1.54, 1.807) is 24.4 Å². The first-order valence-electron chi connectivity index (χ1n) is 4.63. The monoisotopic (exact) mass is 241 g/mol. The molecule has 0 saturated heterocycles. The maximum Gasteiger partial charge on any atom is 0.335 e. The fourth-order valence-corrected chi connectivity index (χ4v) is 1.93. The Kier molecular flexibility index (Phi) is 4.78. The molecule has 16 heavy (non-hydrogen) atoms. The molecule has 86 valence electrons. The summed E-state index contributed by atoms with van der Waals surface area (Å²) in [6, 6.07) is 2.51. The smallest absolute Gasteiger partial charge is 0.335 e.